The first kappa shape index (κ1) is 14.6. The zero-order chi connectivity index (χ0) is 15.8. The molecule has 5 rings (SSSR count). The molecular formula is C20H18O2S. The van der Waals surface area contributed by atoms with Crippen LogP contribution in [0.25, 0.3) is 0 Å². The Morgan fingerprint density at radius 2 is 1.74 bits per heavy atom. The minimum Gasteiger partial charge on any atom is -0.466 e. The third-order valence-corrected chi connectivity index (χ3v) is 6.12. The highest BCUT2D eigenvalue weighted by atomic mass is 32.2. The normalized spacial score (nSPS) is 24.7. The number of thioether (sulfide) groups is 1. The summed E-state index contributed by atoms with van der Waals surface area (Å²) >= 11 is 1.92. The standard InChI is InChI=1S/C20H18O2S/c1-22-20(21)18-11-17-15-10-6-5-9-14(15)16(18)12-19(17)23-13-7-3-2-4-8-13/h2-11,16-17,19H,12H2,1H3. The maximum absolute atomic E-state index is 12.1. The van der Waals surface area contributed by atoms with Crippen LogP contribution in [0.1, 0.15) is 29.4 Å². The molecule has 0 amide bonds. The van der Waals surface area contributed by atoms with Gasteiger partial charge < -0.3 is 4.74 Å². The first-order valence-electron chi connectivity index (χ1n) is 7.88. The van der Waals surface area contributed by atoms with Gasteiger partial charge in [0.05, 0.1) is 7.11 Å². The van der Waals surface area contributed by atoms with E-state index in [9.17, 15) is 4.79 Å². The van der Waals surface area contributed by atoms with Crippen LogP contribution in [0.4, 0.5) is 0 Å². The second-order valence-corrected chi connectivity index (χ2v) is 7.34. The van der Waals surface area contributed by atoms with Crippen LogP contribution in [0.15, 0.2) is 71.1 Å². The van der Waals surface area contributed by atoms with Gasteiger partial charge in [-0.15, -0.1) is 11.8 Å². The van der Waals surface area contributed by atoms with Crippen molar-refractivity contribution in [1.82, 2.24) is 0 Å². The number of methoxy groups -OCH3 is 1. The van der Waals surface area contributed by atoms with Gasteiger partial charge in [-0.25, -0.2) is 4.79 Å². The van der Waals surface area contributed by atoms with Gasteiger partial charge in [-0.05, 0) is 29.7 Å². The van der Waals surface area contributed by atoms with Gasteiger partial charge in [-0.1, -0.05) is 48.5 Å². The molecule has 3 unspecified atom stereocenters. The zero-order valence-electron chi connectivity index (χ0n) is 12.9. The third kappa shape index (κ3) is 2.49. The minimum atomic E-state index is -0.183. The highest BCUT2D eigenvalue weighted by molar-refractivity contribution is 8.00. The van der Waals surface area contributed by atoms with Crippen LogP contribution < -0.4 is 0 Å². The average molecular weight is 322 g/mol. The fraction of sp³-hybridized carbons (Fsp3) is 0.250. The molecular weight excluding hydrogens is 304 g/mol. The van der Waals surface area contributed by atoms with E-state index in [4.69, 9.17) is 4.74 Å². The Morgan fingerprint density at radius 3 is 2.48 bits per heavy atom. The molecule has 23 heavy (non-hydrogen) atoms. The van der Waals surface area contributed by atoms with Gasteiger partial charge in [0.1, 0.15) is 0 Å². The lowest BCUT2D eigenvalue weighted by molar-refractivity contribution is -0.136. The molecule has 0 radical (unpaired) electrons. The van der Waals surface area contributed by atoms with Gasteiger partial charge in [-0.2, -0.15) is 0 Å². The van der Waals surface area contributed by atoms with Gasteiger partial charge in [-0.3, -0.25) is 0 Å². The number of hydrogen-bond acceptors (Lipinski definition) is 3. The van der Waals surface area contributed by atoms with Crippen molar-refractivity contribution in [1.29, 1.82) is 0 Å². The number of carbonyl (C=O) groups excluding carboxylic acids is 1. The summed E-state index contributed by atoms with van der Waals surface area (Å²) in [5.41, 5.74) is 3.50. The summed E-state index contributed by atoms with van der Waals surface area (Å²) in [5.74, 6) is 0.248. The van der Waals surface area contributed by atoms with E-state index in [1.807, 2.05) is 17.8 Å². The molecule has 0 fully saturated rings. The number of allylic oxidation sites excluding steroid dienone is 1. The fourth-order valence-corrected chi connectivity index (χ4v) is 5.09. The molecule has 0 spiro atoms. The van der Waals surface area contributed by atoms with Crippen molar-refractivity contribution in [2.45, 2.75) is 28.4 Å². The van der Waals surface area contributed by atoms with Crippen LogP contribution in [0.3, 0.4) is 0 Å². The second kappa shape index (κ2) is 5.89. The van der Waals surface area contributed by atoms with Crippen LogP contribution in [-0.4, -0.2) is 18.3 Å². The fourth-order valence-electron chi connectivity index (χ4n) is 3.76. The number of carbonyl (C=O) groups is 1. The van der Waals surface area contributed by atoms with Crippen LogP contribution in [-0.2, 0) is 9.53 Å². The Kier molecular flexibility index (Phi) is 3.74. The Hall–Kier alpha value is -2.00. The number of hydrogen-bond donors (Lipinski definition) is 0. The van der Waals surface area contributed by atoms with Crippen molar-refractivity contribution in [3.63, 3.8) is 0 Å². The number of esters is 1. The number of ether oxygens (including phenoxy) is 1. The second-order valence-electron chi connectivity index (χ2n) is 6.03. The monoisotopic (exact) mass is 322 g/mol. The predicted molar refractivity (Wildman–Crippen MR) is 92.7 cm³/mol. The molecule has 0 N–H and O–H groups in total. The summed E-state index contributed by atoms with van der Waals surface area (Å²) in [5, 5.41) is 0.464. The SMILES string of the molecule is COC(=O)C1=CC2c3ccccc3C1CC2Sc1ccccc1. The molecule has 2 aromatic rings. The summed E-state index contributed by atoms with van der Waals surface area (Å²) in [6.45, 7) is 0. The van der Waals surface area contributed by atoms with Crippen LogP contribution in [0.5, 0.6) is 0 Å². The zero-order valence-corrected chi connectivity index (χ0v) is 13.8. The van der Waals surface area contributed by atoms with E-state index in [2.05, 4.69) is 54.6 Å². The van der Waals surface area contributed by atoms with E-state index in [1.54, 1.807) is 0 Å². The molecule has 0 aromatic heterocycles. The lowest BCUT2D eigenvalue weighted by Gasteiger charge is -2.42. The smallest absolute Gasteiger partial charge is 0.334 e. The van der Waals surface area contributed by atoms with E-state index in [1.165, 1.54) is 23.1 Å². The summed E-state index contributed by atoms with van der Waals surface area (Å²) in [6.07, 6.45) is 3.13. The maximum atomic E-state index is 12.1. The maximum Gasteiger partial charge on any atom is 0.334 e. The molecule has 3 aliphatic carbocycles. The van der Waals surface area contributed by atoms with E-state index in [0.717, 1.165) is 12.0 Å². The van der Waals surface area contributed by atoms with Crippen LogP contribution >= 0.6 is 11.8 Å². The molecule has 2 nitrogen and oxygen atoms in total. The molecule has 2 bridgehead atoms. The molecule has 3 atom stereocenters. The van der Waals surface area contributed by atoms with E-state index in [-0.39, 0.29) is 17.8 Å². The summed E-state index contributed by atoms with van der Waals surface area (Å²) < 4.78 is 5.00. The van der Waals surface area contributed by atoms with Gasteiger partial charge in [0, 0.05) is 27.6 Å². The predicted octanol–water partition coefficient (Wildman–Crippen LogP) is 4.53. The van der Waals surface area contributed by atoms with E-state index >= 15 is 0 Å². The Morgan fingerprint density at radius 1 is 1.04 bits per heavy atom. The molecule has 3 heteroatoms. The largest absolute Gasteiger partial charge is 0.466 e. The molecule has 0 saturated carbocycles. The van der Waals surface area contributed by atoms with Crippen molar-refractivity contribution in [2.24, 2.45) is 0 Å². The van der Waals surface area contributed by atoms with Gasteiger partial charge in [0.2, 0.25) is 0 Å². The highest BCUT2D eigenvalue weighted by Gasteiger charge is 2.42. The molecule has 2 aromatic carbocycles. The van der Waals surface area contributed by atoms with E-state index in [0.29, 0.717) is 5.25 Å². The van der Waals surface area contributed by atoms with Gasteiger partial charge in [0.15, 0.2) is 0 Å². The van der Waals surface area contributed by atoms with Crippen molar-refractivity contribution in [3.8, 4) is 0 Å². The molecule has 116 valence electrons. The first-order valence-corrected chi connectivity index (χ1v) is 8.76. The van der Waals surface area contributed by atoms with Crippen molar-refractivity contribution in [3.05, 3.63) is 77.4 Å². The Labute approximate surface area is 140 Å². The molecule has 0 heterocycles. The molecule has 0 aliphatic heterocycles. The summed E-state index contributed by atoms with van der Waals surface area (Å²) in [7, 11) is 1.47. The van der Waals surface area contributed by atoms with Gasteiger partial charge >= 0.3 is 5.97 Å². The highest BCUT2D eigenvalue weighted by Crippen LogP contribution is 2.53. The Balaban J connectivity index is 1.72. The van der Waals surface area contributed by atoms with Gasteiger partial charge in [0.25, 0.3) is 0 Å². The molecule has 3 aliphatic rings. The lowest BCUT2D eigenvalue weighted by atomic mass is 9.67. The number of rotatable bonds is 3. The van der Waals surface area contributed by atoms with Crippen molar-refractivity contribution in [2.75, 3.05) is 7.11 Å². The summed E-state index contributed by atoms with van der Waals surface area (Å²) in [6, 6.07) is 19.0. The van der Waals surface area contributed by atoms with Crippen LogP contribution in [0.2, 0.25) is 0 Å². The van der Waals surface area contributed by atoms with Crippen LogP contribution in [0, 0.1) is 0 Å². The van der Waals surface area contributed by atoms with E-state index < -0.39 is 0 Å². The quantitative estimate of drug-likeness (QED) is 0.777. The third-order valence-electron chi connectivity index (χ3n) is 4.79. The van der Waals surface area contributed by atoms with Crippen molar-refractivity contribution < 1.29 is 9.53 Å². The first-order chi connectivity index (χ1) is 11.3. The minimum absolute atomic E-state index is 0.157. The lowest BCUT2D eigenvalue weighted by Crippen LogP contribution is -2.33. The molecule has 0 saturated heterocycles. The average Bonchev–Trinajstić information content (AvgIpc) is 2.62. The van der Waals surface area contributed by atoms with Crippen molar-refractivity contribution >= 4 is 17.7 Å². The number of benzene rings is 2. The topological polar surface area (TPSA) is 26.3 Å². The summed E-state index contributed by atoms with van der Waals surface area (Å²) in [4.78, 5) is 13.4. The number of fused-ring (bicyclic) bond motifs is 1. The Bertz CT molecular complexity index is 766.